The van der Waals surface area contributed by atoms with Crippen molar-refractivity contribution in [2.24, 2.45) is 0 Å². The summed E-state index contributed by atoms with van der Waals surface area (Å²) in [7, 11) is 0. The molecule has 0 saturated carbocycles. The van der Waals surface area contributed by atoms with Gasteiger partial charge in [0, 0.05) is 53.6 Å². The molecular formula is C58H83N7OS4. The molecule has 0 fully saturated rings. The molecule has 2 aromatic carbocycles. The van der Waals surface area contributed by atoms with Crippen LogP contribution in [0.3, 0.4) is 0 Å². The number of furan rings is 1. The predicted molar refractivity (Wildman–Crippen MR) is 315 cm³/mol. The molecule has 12 heteroatoms. The van der Waals surface area contributed by atoms with E-state index in [0.717, 1.165) is 38.4 Å². The molecule has 0 aliphatic carbocycles. The summed E-state index contributed by atoms with van der Waals surface area (Å²) in [6, 6.07) is 28.4. The molecule has 0 aliphatic rings. The van der Waals surface area contributed by atoms with E-state index >= 15 is 0 Å². The summed E-state index contributed by atoms with van der Waals surface area (Å²) < 4.78 is 9.33. The van der Waals surface area contributed by atoms with Crippen LogP contribution in [-0.2, 0) is 0 Å². The van der Waals surface area contributed by atoms with Gasteiger partial charge in [-0.15, -0.1) is 34.0 Å². The lowest BCUT2D eigenvalue weighted by atomic mass is 10.1. The Hall–Kier alpha value is -5.01. The van der Waals surface area contributed by atoms with Crippen LogP contribution in [0.15, 0.2) is 114 Å². The minimum Gasteiger partial charge on any atom is -0.461 e. The standard InChI is InChI=1S/C11H12O.C10H11NS.3C9H10N2S.5C2H6/c1-8(2)11-7-9-5-3-4-6-10(9)12-11;1-7(2)10-11-8-5-3-4-6-9(8)12-10;1-6(2)9-11-7-5-10-4-3-8(7)12-9;1-6(2)9-11-8-7(12-9)4-3-5-10-8;1-6(2)8-11-7-4-3-5-10-9(7)12-8;5*1-2/h3-8H,1-2H3;3-7H,1-2H3;3*3-6H,1-2H3;5*1-2H3. The van der Waals surface area contributed by atoms with Gasteiger partial charge >= 0.3 is 0 Å². The number of hydrogen-bond acceptors (Lipinski definition) is 12. The van der Waals surface area contributed by atoms with Gasteiger partial charge in [0.05, 0.1) is 51.4 Å². The van der Waals surface area contributed by atoms with Crippen molar-refractivity contribution in [2.75, 3.05) is 0 Å². The van der Waals surface area contributed by atoms with E-state index in [9.17, 15) is 0 Å². The lowest BCUT2D eigenvalue weighted by Gasteiger charge is -1.95. The van der Waals surface area contributed by atoms with Crippen molar-refractivity contribution in [3.8, 4) is 0 Å². The first-order valence-corrected chi connectivity index (χ1v) is 28.6. The van der Waals surface area contributed by atoms with E-state index in [1.54, 1.807) is 51.5 Å². The Kier molecular flexibility index (Phi) is 31.6. The second-order valence-corrected chi connectivity index (χ2v) is 19.8. The Labute approximate surface area is 437 Å². The van der Waals surface area contributed by atoms with E-state index in [1.807, 2.05) is 136 Å². The smallest absolute Gasteiger partial charge is 0.170 e. The van der Waals surface area contributed by atoms with Crippen LogP contribution < -0.4 is 0 Å². The second-order valence-electron chi connectivity index (χ2n) is 15.6. The van der Waals surface area contributed by atoms with Crippen molar-refractivity contribution < 1.29 is 4.42 Å². The lowest BCUT2D eigenvalue weighted by Crippen LogP contribution is -1.83. The fourth-order valence-electron chi connectivity index (χ4n) is 5.53. The maximum atomic E-state index is 5.63. The van der Waals surface area contributed by atoms with Crippen LogP contribution >= 0.6 is 45.3 Å². The predicted octanol–water partition coefficient (Wildman–Crippen LogP) is 20.6. The Morgan fingerprint density at radius 2 is 0.857 bits per heavy atom. The summed E-state index contributed by atoms with van der Waals surface area (Å²) in [5.41, 5.74) is 5.04. The van der Waals surface area contributed by atoms with Crippen molar-refractivity contribution in [2.45, 2.75) is 168 Å². The van der Waals surface area contributed by atoms with Gasteiger partial charge in [-0.3, -0.25) is 4.98 Å². The van der Waals surface area contributed by atoms with Crippen molar-refractivity contribution in [1.82, 2.24) is 34.9 Å². The van der Waals surface area contributed by atoms with Crippen molar-refractivity contribution in [1.29, 1.82) is 0 Å². The van der Waals surface area contributed by atoms with Gasteiger partial charge in [-0.1, -0.05) is 180 Å². The van der Waals surface area contributed by atoms with Gasteiger partial charge in [0.2, 0.25) is 0 Å². The monoisotopic (exact) mass is 1020 g/mol. The SMILES string of the molecule is CC.CC.CC.CC.CC.CC(C)c1cc2ccccc2o1.CC(C)c1nc2ccccc2s1.CC(C)c1nc2cccnc2s1.CC(C)c1nc2cnccc2s1.CC(C)c1nc2ncccc2s1. The first kappa shape index (κ1) is 63.0. The number of benzene rings is 2. The molecule has 380 valence electrons. The van der Waals surface area contributed by atoms with Crippen LogP contribution in [-0.4, -0.2) is 34.9 Å². The third kappa shape index (κ3) is 20.0. The third-order valence-electron chi connectivity index (χ3n) is 8.87. The minimum absolute atomic E-state index is 0.470. The number of fused-ring (bicyclic) bond motifs is 5. The van der Waals surface area contributed by atoms with Crippen molar-refractivity contribution in [3.05, 3.63) is 136 Å². The largest absolute Gasteiger partial charge is 0.461 e. The lowest BCUT2D eigenvalue weighted by molar-refractivity contribution is 0.522. The second kappa shape index (κ2) is 35.1. The van der Waals surface area contributed by atoms with E-state index in [1.165, 1.54) is 39.5 Å². The zero-order chi connectivity index (χ0) is 52.8. The first-order valence-electron chi connectivity index (χ1n) is 25.3. The van der Waals surface area contributed by atoms with Crippen LogP contribution in [0, 0.1) is 0 Å². The quantitative estimate of drug-likeness (QED) is 0.168. The molecule has 70 heavy (non-hydrogen) atoms. The molecule has 8 aromatic heterocycles. The average Bonchev–Trinajstić information content (AvgIpc) is 4.26. The molecule has 10 rings (SSSR count). The van der Waals surface area contributed by atoms with Crippen molar-refractivity contribution in [3.63, 3.8) is 0 Å². The van der Waals surface area contributed by atoms with Gasteiger partial charge in [-0.05, 0) is 54.6 Å². The molecule has 8 heterocycles. The summed E-state index contributed by atoms with van der Waals surface area (Å²) in [4.78, 5) is 31.4. The Morgan fingerprint density at radius 3 is 1.40 bits per heavy atom. The Morgan fingerprint density at radius 1 is 0.400 bits per heavy atom. The highest BCUT2D eigenvalue weighted by Gasteiger charge is 2.10. The molecule has 0 saturated heterocycles. The summed E-state index contributed by atoms with van der Waals surface area (Å²) >= 11 is 6.96. The fraction of sp³-hybridized carbons (Fsp3) is 0.431. The van der Waals surface area contributed by atoms with E-state index in [-0.39, 0.29) is 0 Å². The van der Waals surface area contributed by atoms with Crippen LogP contribution in [0.4, 0.5) is 0 Å². The molecule has 0 aliphatic heterocycles. The molecule has 10 aromatic rings. The normalized spacial score (nSPS) is 10.1. The van der Waals surface area contributed by atoms with Gasteiger partial charge in [0.25, 0.3) is 0 Å². The summed E-state index contributed by atoms with van der Waals surface area (Å²) in [6.45, 7) is 41.5. The Bertz CT molecular complexity index is 2250. The Balaban J connectivity index is 0.000000418. The van der Waals surface area contributed by atoms with E-state index in [4.69, 9.17) is 4.42 Å². The van der Waals surface area contributed by atoms with Gasteiger partial charge in [-0.25, -0.2) is 29.9 Å². The van der Waals surface area contributed by atoms with Gasteiger partial charge in [0.15, 0.2) is 5.65 Å². The minimum atomic E-state index is 0.470. The van der Waals surface area contributed by atoms with Gasteiger partial charge in [-0.2, -0.15) is 0 Å². The van der Waals surface area contributed by atoms with Crippen LogP contribution in [0.2, 0.25) is 0 Å². The van der Waals surface area contributed by atoms with Crippen LogP contribution in [0.25, 0.3) is 52.1 Å². The molecule has 0 atom stereocenters. The number of rotatable bonds is 5. The van der Waals surface area contributed by atoms with Crippen LogP contribution in [0.5, 0.6) is 0 Å². The molecule has 0 amide bonds. The fourth-order valence-corrected chi connectivity index (χ4v) is 9.28. The first-order chi connectivity index (χ1) is 33.9. The van der Waals surface area contributed by atoms with E-state index in [2.05, 4.69) is 141 Å². The maximum absolute atomic E-state index is 5.63. The molecular weight excluding hydrogens is 939 g/mol. The van der Waals surface area contributed by atoms with E-state index in [0.29, 0.717) is 29.6 Å². The molecule has 0 spiro atoms. The summed E-state index contributed by atoms with van der Waals surface area (Å²) in [6.07, 6.45) is 7.22. The molecule has 0 bridgehead atoms. The number of pyridine rings is 3. The zero-order valence-corrected chi connectivity index (χ0v) is 49.2. The number of aromatic nitrogens is 7. The number of hydrogen-bond donors (Lipinski definition) is 0. The zero-order valence-electron chi connectivity index (χ0n) is 46.0. The molecule has 0 N–H and O–H groups in total. The highest BCUT2D eigenvalue weighted by Crippen LogP contribution is 2.29. The molecule has 8 nitrogen and oxygen atoms in total. The van der Waals surface area contributed by atoms with Gasteiger partial charge < -0.3 is 4.42 Å². The van der Waals surface area contributed by atoms with E-state index < -0.39 is 0 Å². The summed E-state index contributed by atoms with van der Waals surface area (Å²) in [5.74, 6) is 3.60. The number of nitrogens with zero attached hydrogens (tertiary/aromatic N) is 7. The molecule has 0 unspecified atom stereocenters. The average molecular weight is 1020 g/mol. The highest BCUT2D eigenvalue weighted by atomic mass is 32.1. The number of para-hydroxylation sites is 2. The summed E-state index contributed by atoms with van der Waals surface area (Å²) in [5, 5.41) is 5.96. The maximum Gasteiger partial charge on any atom is 0.170 e. The highest BCUT2D eigenvalue weighted by molar-refractivity contribution is 7.19. The van der Waals surface area contributed by atoms with Crippen LogP contribution in [0.1, 0.15) is 194 Å². The van der Waals surface area contributed by atoms with Gasteiger partial charge in [0.1, 0.15) is 21.7 Å². The van der Waals surface area contributed by atoms with Crippen molar-refractivity contribution >= 4 is 97.4 Å². The topological polar surface area (TPSA) is 103 Å². The number of thiazole rings is 4. The third-order valence-corrected chi connectivity index (χ3v) is 14.1. The molecule has 0 radical (unpaired) electrons.